The zero-order chi connectivity index (χ0) is 15.5. The van der Waals surface area contributed by atoms with Crippen molar-refractivity contribution in [1.29, 1.82) is 0 Å². The molecule has 2 aromatic carbocycles. The molecule has 0 fully saturated rings. The predicted molar refractivity (Wildman–Crippen MR) is 85.7 cm³/mol. The standard InChI is InChI=1S/C19H22O2/c1-19(2,3)16-11-9-15(10-12-16)17(13-18(20)21)14-7-5-4-6-8-14/h4-12,17H,13H2,1-3H3,(H,20,21). The Morgan fingerprint density at radius 2 is 1.48 bits per heavy atom. The number of benzene rings is 2. The zero-order valence-electron chi connectivity index (χ0n) is 12.8. The topological polar surface area (TPSA) is 37.3 Å². The maximum atomic E-state index is 11.2. The number of hydrogen-bond donors (Lipinski definition) is 1. The van der Waals surface area contributed by atoms with Crippen molar-refractivity contribution >= 4 is 5.97 Å². The van der Waals surface area contributed by atoms with E-state index in [1.807, 2.05) is 30.3 Å². The molecule has 110 valence electrons. The summed E-state index contributed by atoms with van der Waals surface area (Å²) < 4.78 is 0. The van der Waals surface area contributed by atoms with Gasteiger partial charge in [-0.15, -0.1) is 0 Å². The van der Waals surface area contributed by atoms with Gasteiger partial charge in [-0.2, -0.15) is 0 Å². The number of carboxylic acid groups (broad SMARTS) is 1. The molecule has 2 aromatic rings. The highest BCUT2D eigenvalue weighted by atomic mass is 16.4. The van der Waals surface area contributed by atoms with E-state index in [-0.39, 0.29) is 17.8 Å². The number of carbonyl (C=O) groups is 1. The fourth-order valence-electron chi connectivity index (χ4n) is 2.50. The Labute approximate surface area is 126 Å². The summed E-state index contributed by atoms with van der Waals surface area (Å²) in [6, 6.07) is 18.2. The molecule has 2 heteroatoms. The van der Waals surface area contributed by atoms with E-state index in [1.54, 1.807) is 0 Å². The van der Waals surface area contributed by atoms with Gasteiger partial charge in [0.2, 0.25) is 0 Å². The molecule has 1 N–H and O–H groups in total. The van der Waals surface area contributed by atoms with Gasteiger partial charge in [-0.25, -0.2) is 0 Å². The van der Waals surface area contributed by atoms with Crippen molar-refractivity contribution in [3.8, 4) is 0 Å². The lowest BCUT2D eigenvalue weighted by atomic mass is 9.83. The van der Waals surface area contributed by atoms with Crippen molar-refractivity contribution in [1.82, 2.24) is 0 Å². The molecular weight excluding hydrogens is 260 g/mol. The predicted octanol–water partition coefficient (Wildman–Crippen LogP) is 4.59. The maximum absolute atomic E-state index is 11.2. The van der Waals surface area contributed by atoms with E-state index in [1.165, 1.54) is 5.56 Å². The van der Waals surface area contributed by atoms with Gasteiger partial charge in [0.25, 0.3) is 0 Å². The lowest BCUT2D eigenvalue weighted by Gasteiger charge is -2.21. The van der Waals surface area contributed by atoms with Gasteiger partial charge in [-0.05, 0) is 22.1 Å². The highest BCUT2D eigenvalue weighted by Crippen LogP contribution is 2.30. The number of rotatable bonds is 4. The van der Waals surface area contributed by atoms with Crippen LogP contribution in [0.2, 0.25) is 0 Å². The van der Waals surface area contributed by atoms with Gasteiger partial charge in [0.1, 0.15) is 0 Å². The number of aliphatic carboxylic acids is 1. The van der Waals surface area contributed by atoms with E-state index in [2.05, 4.69) is 45.0 Å². The molecule has 0 saturated heterocycles. The largest absolute Gasteiger partial charge is 0.481 e. The van der Waals surface area contributed by atoms with Crippen LogP contribution in [0.15, 0.2) is 54.6 Å². The van der Waals surface area contributed by atoms with E-state index in [0.29, 0.717) is 0 Å². The van der Waals surface area contributed by atoms with E-state index >= 15 is 0 Å². The van der Waals surface area contributed by atoms with Crippen LogP contribution in [0, 0.1) is 0 Å². The Kier molecular flexibility index (Phi) is 4.46. The van der Waals surface area contributed by atoms with Crippen molar-refractivity contribution in [3.63, 3.8) is 0 Å². The van der Waals surface area contributed by atoms with Crippen LogP contribution >= 0.6 is 0 Å². The average molecular weight is 282 g/mol. The summed E-state index contributed by atoms with van der Waals surface area (Å²) in [6.45, 7) is 6.52. The van der Waals surface area contributed by atoms with E-state index in [9.17, 15) is 9.90 Å². The summed E-state index contributed by atoms with van der Waals surface area (Å²) in [5, 5.41) is 9.19. The smallest absolute Gasteiger partial charge is 0.304 e. The van der Waals surface area contributed by atoms with Crippen molar-refractivity contribution in [2.24, 2.45) is 0 Å². The maximum Gasteiger partial charge on any atom is 0.304 e. The Bertz CT molecular complexity index is 592. The fourth-order valence-corrected chi connectivity index (χ4v) is 2.50. The molecule has 0 aliphatic carbocycles. The molecular formula is C19H22O2. The van der Waals surface area contributed by atoms with Crippen molar-refractivity contribution in [3.05, 3.63) is 71.3 Å². The van der Waals surface area contributed by atoms with E-state index < -0.39 is 5.97 Å². The van der Waals surface area contributed by atoms with Crippen LogP contribution in [-0.4, -0.2) is 11.1 Å². The van der Waals surface area contributed by atoms with Gasteiger partial charge in [-0.1, -0.05) is 75.4 Å². The van der Waals surface area contributed by atoms with Crippen LogP contribution in [0.25, 0.3) is 0 Å². The molecule has 2 nitrogen and oxygen atoms in total. The minimum Gasteiger partial charge on any atom is -0.481 e. The number of carboxylic acids is 1. The van der Waals surface area contributed by atoms with E-state index in [4.69, 9.17) is 0 Å². The van der Waals surface area contributed by atoms with Gasteiger partial charge in [0, 0.05) is 5.92 Å². The molecule has 0 heterocycles. The summed E-state index contributed by atoms with van der Waals surface area (Å²) in [5.41, 5.74) is 3.46. The SMILES string of the molecule is CC(C)(C)c1ccc(C(CC(=O)O)c2ccccc2)cc1. The van der Waals surface area contributed by atoms with Crippen molar-refractivity contribution in [2.45, 2.75) is 38.5 Å². The normalized spacial score (nSPS) is 12.9. The minimum atomic E-state index is -0.774. The van der Waals surface area contributed by atoms with Gasteiger partial charge in [0.05, 0.1) is 6.42 Å². The van der Waals surface area contributed by atoms with Crippen LogP contribution in [0.1, 0.15) is 49.8 Å². The highest BCUT2D eigenvalue weighted by molar-refractivity contribution is 5.69. The first-order valence-electron chi connectivity index (χ1n) is 7.25. The van der Waals surface area contributed by atoms with Gasteiger partial charge in [0.15, 0.2) is 0 Å². The Morgan fingerprint density at radius 3 is 1.95 bits per heavy atom. The first-order chi connectivity index (χ1) is 9.88. The lowest BCUT2D eigenvalue weighted by molar-refractivity contribution is -0.137. The zero-order valence-corrected chi connectivity index (χ0v) is 12.8. The Morgan fingerprint density at radius 1 is 0.952 bits per heavy atom. The summed E-state index contributed by atoms with van der Waals surface area (Å²) in [5.74, 6) is -0.874. The quantitative estimate of drug-likeness (QED) is 0.890. The van der Waals surface area contributed by atoms with Crippen molar-refractivity contribution < 1.29 is 9.90 Å². The third-order valence-electron chi connectivity index (χ3n) is 3.76. The van der Waals surface area contributed by atoms with Gasteiger partial charge in [-0.3, -0.25) is 4.79 Å². The first kappa shape index (κ1) is 15.3. The molecule has 0 amide bonds. The Hall–Kier alpha value is -2.09. The molecule has 0 aliphatic rings. The van der Waals surface area contributed by atoms with Crippen LogP contribution < -0.4 is 0 Å². The van der Waals surface area contributed by atoms with Crippen LogP contribution in [-0.2, 0) is 10.2 Å². The second kappa shape index (κ2) is 6.13. The average Bonchev–Trinajstić information content (AvgIpc) is 2.45. The molecule has 0 spiro atoms. The minimum absolute atomic E-state index is 0.0993. The highest BCUT2D eigenvalue weighted by Gasteiger charge is 2.19. The molecule has 0 aliphatic heterocycles. The Balaban J connectivity index is 2.36. The summed E-state index contributed by atoms with van der Waals surface area (Å²) in [7, 11) is 0. The summed E-state index contributed by atoms with van der Waals surface area (Å²) in [4.78, 5) is 11.2. The third-order valence-corrected chi connectivity index (χ3v) is 3.76. The molecule has 0 saturated carbocycles. The summed E-state index contributed by atoms with van der Waals surface area (Å²) in [6.07, 6.45) is 0.110. The van der Waals surface area contributed by atoms with Crippen LogP contribution in [0.5, 0.6) is 0 Å². The summed E-state index contributed by atoms with van der Waals surface area (Å²) >= 11 is 0. The molecule has 2 rings (SSSR count). The second-order valence-electron chi connectivity index (χ2n) is 6.43. The molecule has 1 unspecified atom stereocenters. The number of hydrogen-bond acceptors (Lipinski definition) is 1. The molecule has 0 radical (unpaired) electrons. The second-order valence-corrected chi connectivity index (χ2v) is 6.43. The van der Waals surface area contributed by atoms with Crippen LogP contribution in [0.4, 0.5) is 0 Å². The fraction of sp³-hybridized carbons (Fsp3) is 0.316. The first-order valence-corrected chi connectivity index (χ1v) is 7.25. The van der Waals surface area contributed by atoms with Crippen LogP contribution in [0.3, 0.4) is 0 Å². The van der Waals surface area contributed by atoms with Gasteiger partial charge >= 0.3 is 5.97 Å². The monoisotopic (exact) mass is 282 g/mol. The molecule has 21 heavy (non-hydrogen) atoms. The lowest BCUT2D eigenvalue weighted by Crippen LogP contribution is -2.12. The van der Waals surface area contributed by atoms with E-state index in [0.717, 1.165) is 11.1 Å². The van der Waals surface area contributed by atoms with Gasteiger partial charge < -0.3 is 5.11 Å². The van der Waals surface area contributed by atoms with Crippen molar-refractivity contribution in [2.75, 3.05) is 0 Å². The molecule has 1 atom stereocenters. The molecule has 0 bridgehead atoms. The molecule has 0 aromatic heterocycles. The third kappa shape index (κ3) is 3.94.